The van der Waals surface area contributed by atoms with Crippen LogP contribution < -0.4 is 9.47 Å². The molecule has 5 nitrogen and oxygen atoms in total. The van der Waals surface area contributed by atoms with Crippen molar-refractivity contribution in [1.29, 1.82) is 0 Å². The molecule has 184 valence electrons. The summed E-state index contributed by atoms with van der Waals surface area (Å²) in [6, 6.07) is 13.5. The van der Waals surface area contributed by atoms with Gasteiger partial charge in [-0.1, -0.05) is 12.1 Å². The third-order valence-electron chi connectivity index (χ3n) is 8.07. The normalized spacial score (nSPS) is 24.1. The molecule has 0 spiro atoms. The predicted molar refractivity (Wildman–Crippen MR) is 134 cm³/mol. The fraction of sp³-hybridized carbons (Fsp3) is 0.483. The molecule has 3 fully saturated rings. The summed E-state index contributed by atoms with van der Waals surface area (Å²) in [5.41, 5.74) is 1.88. The van der Waals surface area contributed by atoms with Crippen LogP contribution in [-0.4, -0.2) is 47.1 Å². The molecule has 2 aliphatic heterocycles. The van der Waals surface area contributed by atoms with Gasteiger partial charge < -0.3 is 14.0 Å². The highest BCUT2D eigenvalue weighted by molar-refractivity contribution is 6.11. The average Bonchev–Trinajstić information content (AvgIpc) is 3.61. The molecule has 6 heteroatoms. The number of hydrogen-bond donors (Lipinski definition) is 0. The zero-order chi connectivity index (χ0) is 23.9. The second-order valence-electron chi connectivity index (χ2n) is 10.4. The number of Topliss-reactive ketones (excluding diaryl/α,β-unsaturated/α-hetero) is 1. The lowest BCUT2D eigenvalue weighted by molar-refractivity contribution is 0.0481. The van der Waals surface area contributed by atoms with E-state index < -0.39 is 0 Å². The molecule has 0 radical (unpaired) electrons. The predicted octanol–water partition coefficient (Wildman–Crippen LogP) is 5.85. The van der Waals surface area contributed by atoms with Gasteiger partial charge in [0, 0.05) is 48.2 Å². The van der Waals surface area contributed by atoms with Gasteiger partial charge in [-0.2, -0.15) is 0 Å². The Morgan fingerprint density at radius 1 is 1.00 bits per heavy atom. The summed E-state index contributed by atoms with van der Waals surface area (Å²) in [6.07, 6.45) is 9.78. The van der Waals surface area contributed by atoms with E-state index in [2.05, 4.69) is 21.7 Å². The molecule has 35 heavy (non-hydrogen) atoms. The van der Waals surface area contributed by atoms with Gasteiger partial charge >= 0.3 is 0 Å². The van der Waals surface area contributed by atoms with E-state index in [9.17, 15) is 9.18 Å². The van der Waals surface area contributed by atoms with Crippen molar-refractivity contribution < 1.29 is 18.7 Å². The average molecular weight is 477 g/mol. The number of aryl methyl sites for hydroxylation is 1. The van der Waals surface area contributed by atoms with Crippen molar-refractivity contribution in [2.45, 2.75) is 69.7 Å². The lowest BCUT2D eigenvalue weighted by atomic mass is 9.99. The van der Waals surface area contributed by atoms with E-state index in [-0.39, 0.29) is 23.6 Å². The van der Waals surface area contributed by atoms with Crippen LogP contribution in [0.4, 0.5) is 4.39 Å². The summed E-state index contributed by atoms with van der Waals surface area (Å²) in [7, 11) is 1.70. The quantitative estimate of drug-likeness (QED) is 0.364. The number of methoxy groups -OCH3 is 1. The molecule has 2 atom stereocenters. The Kier molecular flexibility index (Phi) is 6.01. The van der Waals surface area contributed by atoms with Gasteiger partial charge in [0.15, 0.2) is 5.78 Å². The molecule has 3 aromatic rings. The standard InChI is InChI=1S/C29H33FN2O3/c1-34-27-5-2-4-25-26(29(33)19-6-7-19)18-31(28(25)27)14-3-15-32-21-10-11-22(32)17-24(16-21)35-23-12-8-20(30)9-13-23/h2,4-5,8-9,12-13,18-19,21-22,24H,3,6-7,10-11,14-17H2,1H3. The van der Waals surface area contributed by atoms with Gasteiger partial charge in [0.2, 0.25) is 0 Å². The number of nitrogens with zero attached hydrogens (tertiary/aromatic N) is 2. The highest BCUT2D eigenvalue weighted by atomic mass is 19.1. The smallest absolute Gasteiger partial charge is 0.168 e. The first-order chi connectivity index (χ1) is 17.1. The summed E-state index contributed by atoms with van der Waals surface area (Å²) in [4.78, 5) is 15.6. The molecule has 2 bridgehead atoms. The molecule has 2 unspecified atom stereocenters. The topological polar surface area (TPSA) is 43.7 Å². The lowest BCUT2D eigenvalue weighted by Gasteiger charge is -2.39. The highest BCUT2D eigenvalue weighted by Gasteiger charge is 2.41. The largest absolute Gasteiger partial charge is 0.495 e. The number of piperidine rings is 1. The monoisotopic (exact) mass is 476 g/mol. The minimum atomic E-state index is -0.232. The van der Waals surface area contributed by atoms with Gasteiger partial charge in [-0.15, -0.1) is 0 Å². The lowest BCUT2D eigenvalue weighted by Crippen LogP contribution is -2.46. The van der Waals surface area contributed by atoms with Crippen molar-refractivity contribution >= 4 is 16.7 Å². The number of aromatic nitrogens is 1. The first-order valence-corrected chi connectivity index (χ1v) is 13.0. The first-order valence-electron chi connectivity index (χ1n) is 13.0. The van der Waals surface area contributed by atoms with E-state index in [1.807, 2.05) is 12.1 Å². The van der Waals surface area contributed by atoms with Crippen LogP contribution in [0.5, 0.6) is 11.5 Å². The van der Waals surface area contributed by atoms with Crippen LogP contribution in [0.15, 0.2) is 48.7 Å². The molecule has 3 heterocycles. The van der Waals surface area contributed by atoms with Crippen LogP contribution >= 0.6 is 0 Å². The molecule has 0 amide bonds. The third kappa shape index (κ3) is 4.44. The number of rotatable bonds is 9. The van der Waals surface area contributed by atoms with Crippen molar-refractivity contribution in [2.75, 3.05) is 13.7 Å². The summed E-state index contributed by atoms with van der Waals surface area (Å²) >= 11 is 0. The Morgan fingerprint density at radius 3 is 2.43 bits per heavy atom. The molecule has 2 aromatic carbocycles. The van der Waals surface area contributed by atoms with Gasteiger partial charge in [0.1, 0.15) is 23.4 Å². The fourth-order valence-corrected chi connectivity index (χ4v) is 6.24. The minimum Gasteiger partial charge on any atom is -0.495 e. The molecular weight excluding hydrogens is 443 g/mol. The summed E-state index contributed by atoms with van der Waals surface area (Å²) in [6.45, 7) is 1.90. The number of ether oxygens (including phenoxy) is 2. The molecule has 2 saturated heterocycles. The van der Waals surface area contributed by atoms with Crippen LogP contribution in [0, 0.1) is 11.7 Å². The zero-order valence-electron chi connectivity index (χ0n) is 20.3. The number of fused-ring (bicyclic) bond motifs is 3. The highest BCUT2D eigenvalue weighted by Crippen LogP contribution is 2.39. The maximum atomic E-state index is 13.2. The van der Waals surface area contributed by atoms with E-state index in [1.54, 1.807) is 19.2 Å². The van der Waals surface area contributed by atoms with Gasteiger partial charge in [-0.05, 0) is 75.3 Å². The Labute approximate surface area is 205 Å². The molecule has 1 saturated carbocycles. The Balaban J connectivity index is 1.12. The third-order valence-corrected chi connectivity index (χ3v) is 8.07. The minimum absolute atomic E-state index is 0.197. The Bertz CT molecular complexity index is 1200. The second kappa shape index (κ2) is 9.30. The van der Waals surface area contributed by atoms with E-state index in [1.165, 1.54) is 25.0 Å². The van der Waals surface area contributed by atoms with Gasteiger partial charge in [-0.25, -0.2) is 4.39 Å². The fourth-order valence-electron chi connectivity index (χ4n) is 6.24. The van der Waals surface area contributed by atoms with E-state index >= 15 is 0 Å². The maximum Gasteiger partial charge on any atom is 0.168 e. The number of halogens is 1. The Morgan fingerprint density at radius 2 is 1.74 bits per heavy atom. The Hall–Kier alpha value is -2.86. The summed E-state index contributed by atoms with van der Waals surface area (Å²) in [5.74, 6) is 1.84. The van der Waals surface area contributed by atoms with Crippen molar-refractivity contribution in [3.05, 3.63) is 60.0 Å². The molecular formula is C29H33FN2O3. The van der Waals surface area contributed by atoms with Gasteiger partial charge in [0.25, 0.3) is 0 Å². The van der Waals surface area contributed by atoms with Crippen LogP contribution in [0.3, 0.4) is 0 Å². The van der Waals surface area contributed by atoms with Crippen LogP contribution in [-0.2, 0) is 6.54 Å². The van der Waals surface area contributed by atoms with Crippen LogP contribution in [0.2, 0.25) is 0 Å². The first kappa shape index (κ1) is 22.6. The maximum absolute atomic E-state index is 13.2. The van der Waals surface area contributed by atoms with Crippen LogP contribution in [0.25, 0.3) is 10.9 Å². The zero-order valence-corrected chi connectivity index (χ0v) is 20.3. The number of para-hydroxylation sites is 1. The van der Waals surface area contributed by atoms with Crippen molar-refractivity contribution in [1.82, 2.24) is 9.47 Å². The van der Waals surface area contributed by atoms with Crippen LogP contribution in [0.1, 0.15) is 55.3 Å². The second-order valence-corrected chi connectivity index (χ2v) is 10.4. The van der Waals surface area contributed by atoms with E-state index in [0.29, 0.717) is 12.1 Å². The van der Waals surface area contributed by atoms with Crippen molar-refractivity contribution in [2.24, 2.45) is 5.92 Å². The SMILES string of the molecule is COc1cccc2c(C(=O)C3CC3)cn(CCCN3C4CCC3CC(Oc3ccc(F)cc3)C4)c12. The molecule has 6 rings (SSSR count). The van der Waals surface area contributed by atoms with E-state index in [0.717, 1.165) is 73.2 Å². The van der Waals surface area contributed by atoms with E-state index in [4.69, 9.17) is 9.47 Å². The summed E-state index contributed by atoms with van der Waals surface area (Å²) < 4.78 is 27.3. The van der Waals surface area contributed by atoms with Gasteiger partial charge in [0.05, 0.1) is 12.6 Å². The number of hydrogen-bond acceptors (Lipinski definition) is 4. The molecule has 1 aliphatic carbocycles. The molecule has 1 aromatic heterocycles. The molecule has 0 N–H and O–H groups in total. The molecule has 3 aliphatic rings. The number of carbonyl (C=O) groups is 1. The van der Waals surface area contributed by atoms with Crippen molar-refractivity contribution in [3.63, 3.8) is 0 Å². The van der Waals surface area contributed by atoms with Gasteiger partial charge in [-0.3, -0.25) is 9.69 Å². The summed E-state index contributed by atoms with van der Waals surface area (Å²) in [5, 5.41) is 1.01. The number of ketones is 1. The number of benzene rings is 2. The van der Waals surface area contributed by atoms with Crippen molar-refractivity contribution in [3.8, 4) is 11.5 Å². The number of carbonyl (C=O) groups excluding carboxylic acids is 1.